The Bertz CT molecular complexity index is 329. The molecule has 0 fully saturated rings. The molecule has 0 aliphatic carbocycles. The molecule has 0 aliphatic rings. The first-order chi connectivity index (χ1) is 7.60. The van der Waals surface area contributed by atoms with Crippen molar-refractivity contribution in [2.45, 2.75) is 43.1 Å². The molecule has 0 saturated heterocycles. The van der Waals surface area contributed by atoms with E-state index < -0.39 is 0 Å². The van der Waals surface area contributed by atoms with Crippen molar-refractivity contribution < 1.29 is 5.11 Å². The molecule has 2 atom stereocenters. The van der Waals surface area contributed by atoms with Crippen LogP contribution in [-0.4, -0.2) is 37.8 Å². The van der Waals surface area contributed by atoms with Gasteiger partial charge in [0.25, 0.3) is 0 Å². The average Bonchev–Trinajstić information content (AvgIpc) is 2.57. The molecule has 1 aromatic heterocycles. The Labute approximate surface area is 100 Å². The quantitative estimate of drug-likeness (QED) is 0.720. The molecule has 1 heterocycles. The van der Waals surface area contributed by atoms with Gasteiger partial charge in [-0.2, -0.15) is 0 Å². The van der Waals surface area contributed by atoms with E-state index in [9.17, 15) is 5.11 Å². The summed E-state index contributed by atoms with van der Waals surface area (Å²) in [4.78, 5) is 0. The highest BCUT2D eigenvalue weighted by Crippen LogP contribution is 2.24. The highest BCUT2D eigenvalue weighted by Gasteiger charge is 2.20. The van der Waals surface area contributed by atoms with E-state index >= 15 is 0 Å². The molecule has 0 radical (unpaired) electrons. The molecule has 0 saturated carbocycles. The van der Waals surface area contributed by atoms with Crippen molar-refractivity contribution in [2.24, 2.45) is 12.8 Å². The Morgan fingerprint density at radius 1 is 1.50 bits per heavy atom. The zero-order valence-corrected chi connectivity index (χ0v) is 10.9. The molecule has 5 nitrogen and oxygen atoms in total. The maximum atomic E-state index is 9.32. The van der Waals surface area contributed by atoms with E-state index in [0.717, 1.165) is 23.8 Å². The van der Waals surface area contributed by atoms with Gasteiger partial charge in [0.2, 0.25) is 0 Å². The van der Waals surface area contributed by atoms with Crippen molar-refractivity contribution in [3.63, 3.8) is 0 Å². The number of hydrogen-bond acceptors (Lipinski definition) is 5. The van der Waals surface area contributed by atoms with E-state index in [4.69, 9.17) is 5.73 Å². The van der Waals surface area contributed by atoms with Crippen molar-refractivity contribution in [2.75, 3.05) is 6.61 Å². The van der Waals surface area contributed by atoms with E-state index in [-0.39, 0.29) is 17.9 Å². The zero-order chi connectivity index (χ0) is 12.1. The predicted molar refractivity (Wildman–Crippen MR) is 65.4 cm³/mol. The van der Waals surface area contributed by atoms with Crippen LogP contribution in [0.5, 0.6) is 0 Å². The van der Waals surface area contributed by atoms with Crippen LogP contribution in [0.1, 0.15) is 25.6 Å². The number of aryl methyl sites for hydroxylation is 1. The number of hydrogen-bond donors (Lipinski definition) is 2. The van der Waals surface area contributed by atoms with Gasteiger partial charge in [-0.1, -0.05) is 25.1 Å². The Morgan fingerprint density at radius 3 is 2.62 bits per heavy atom. The summed E-state index contributed by atoms with van der Waals surface area (Å²) in [6, 6.07) is -0.00277. The number of thioether (sulfide) groups is 1. The number of aliphatic hydroxyl groups is 1. The minimum absolute atomic E-state index is 0.00277. The molecule has 0 aromatic carbocycles. The number of aromatic nitrogens is 3. The van der Waals surface area contributed by atoms with Gasteiger partial charge in [0.1, 0.15) is 5.82 Å². The molecule has 3 N–H and O–H groups in total. The largest absolute Gasteiger partial charge is 0.395 e. The molecule has 0 aliphatic heterocycles. The van der Waals surface area contributed by atoms with Crippen LogP contribution < -0.4 is 5.73 Å². The van der Waals surface area contributed by atoms with Crippen LogP contribution in [0.3, 0.4) is 0 Å². The first-order valence-corrected chi connectivity index (χ1v) is 6.37. The fourth-order valence-electron chi connectivity index (χ4n) is 1.41. The Morgan fingerprint density at radius 2 is 2.19 bits per heavy atom. The van der Waals surface area contributed by atoms with Crippen LogP contribution >= 0.6 is 11.8 Å². The highest BCUT2D eigenvalue weighted by molar-refractivity contribution is 7.99. The van der Waals surface area contributed by atoms with Crippen molar-refractivity contribution in [1.29, 1.82) is 0 Å². The van der Waals surface area contributed by atoms with Crippen LogP contribution in [0, 0.1) is 6.92 Å². The molecule has 0 amide bonds. The van der Waals surface area contributed by atoms with E-state index in [2.05, 4.69) is 17.1 Å². The summed E-state index contributed by atoms with van der Waals surface area (Å²) in [5, 5.41) is 18.2. The lowest BCUT2D eigenvalue weighted by molar-refractivity contribution is 0.279. The van der Waals surface area contributed by atoms with Crippen molar-refractivity contribution >= 4 is 11.8 Å². The molecular weight excluding hydrogens is 224 g/mol. The maximum Gasteiger partial charge on any atom is 0.191 e. The topological polar surface area (TPSA) is 77.0 Å². The number of nitrogens with zero attached hydrogens (tertiary/aromatic N) is 3. The summed E-state index contributed by atoms with van der Waals surface area (Å²) in [5.74, 6) is 0.864. The highest BCUT2D eigenvalue weighted by atomic mass is 32.2. The minimum Gasteiger partial charge on any atom is -0.395 e. The second-order valence-electron chi connectivity index (χ2n) is 3.88. The Kier molecular flexibility index (Phi) is 5.24. The van der Waals surface area contributed by atoms with Crippen LogP contribution in [0.2, 0.25) is 0 Å². The molecule has 2 unspecified atom stereocenters. The SMILES string of the molecule is CCCC(N)C(CO)Sc1nnc(C)n1C. The van der Waals surface area contributed by atoms with Crippen LogP contribution in [-0.2, 0) is 7.05 Å². The molecule has 1 aromatic rings. The molecule has 1 rings (SSSR count). The Hall–Kier alpha value is -0.590. The second kappa shape index (κ2) is 6.22. The van der Waals surface area contributed by atoms with E-state index in [1.54, 1.807) is 0 Å². The lowest BCUT2D eigenvalue weighted by Gasteiger charge is -2.20. The fraction of sp³-hybridized carbons (Fsp3) is 0.800. The van der Waals surface area contributed by atoms with E-state index in [0.29, 0.717) is 0 Å². The first kappa shape index (κ1) is 13.5. The minimum atomic E-state index is -0.0118. The number of nitrogens with two attached hydrogens (primary N) is 1. The molecule has 6 heteroatoms. The molecule has 0 spiro atoms. The van der Waals surface area contributed by atoms with Gasteiger partial charge in [-0.15, -0.1) is 10.2 Å². The van der Waals surface area contributed by atoms with Gasteiger partial charge in [-0.05, 0) is 13.3 Å². The van der Waals surface area contributed by atoms with Crippen molar-refractivity contribution in [3.8, 4) is 0 Å². The van der Waals surface area contributed by atoms with E-state index in [1.807, 2.05) is 18.5 Å². The lowest BCUT2D eigenvalue weighted by atomic mass is 10.1. The van der Waals surface area contributed by atoms with Crippen molar-refractivity contribution in [1.82, 2.24) is 14.8 Å². The summed E-state index contributed by atoms with van der Waals surface area (Å²) in [6.07, 6.45) is 1.94. The normalized spacial score (nSPS) is 15.1. The van der Waals surface area contributed by atoms with Gasteiger partial charge in [-0.25, -0.2) is 0 Å². The standard InChI is InChI=1S/C10H20N4OS/c1-4-5-8(11)9(6-15)16-10-13-12-7(2)14(10)3/h8-9,15H,4-6,11H2,1-3H3. The lowest BCUT2D eigenvalue weighted by Crippen LogP contribution is -2.35. The zero-order valence-electron chi connectivity index (χ0n) is 10.1. The summed E-state index contributed by atoms with van der Waals surface area (Å²) >= 11 is 1.50. The van der Waals surface area contributed by atoms with Gasteiger partial charge in [0.05, 0.1) is 11.9 Å². The number of rotatable bonds is 6. The van der Waals surface area contributed by atoms with Crippen LogP contribution in [0.15, 0.2) is 5.16 Å². The summed E-state index contributed by atoms with van der Waals surface area (Å²) in [5.41, 5.74) is 6.01. The van der Waals surface area contributed by atoms with Gasteiger partial charge < -0.3 is 15.4 Å². The predicted octanol–water partition coefficient (Wildman–Crippen LogP) is 0.704. The van der Waals surface area contributed by atoms with Crippen molar-refractivity contribution in [3.05, 3.63) is 5.82 Å². The Balaban J connectivity index is 2.66. The molecule has 0 bridgehead atoms. The number of aliphatic hydroxyl groups excluding tert-OH is 1. The smallest absolute Gasteiger partial charge is 0.191 e. The van der Waals surface area contributed by atoms with Gasteiger partial charge in [0.15, 0.2) is 5.16 Å². The maximum absolute atomic E-state index is 9.32. The third kappa shape index (κ3) is 3.20. The van der Waals surface area contributed by atoms with Gasteiger partial charge in [-0.3, -0.25) is 0 Å². The molecule has 16 heavy (non-hydrogen) atoms. The summed E-state index contributed by atoms with van der Waals surface area (Å²) in [7, 11) is 1.91. The summed E-state index contributed by atoms with van der Waals surface area (Å²) in [6.45, 7) is 4.06. The monoisotopic (exact) mass is 244 g/mol. The third-order valence-electron chi connectivity index (χ3n) is 2.59. The van der Waals surface area contributed by atoms with Gasteiger partial charge >= 0.3 is 0 Å². The summed E-state index contributed by atoms with van der Waals surface area (Å²) < 4.78 is 1.91. The van der Waals surface area contributed by atoms with Crippen LogP contribution in [0.4, 0.5) is 0 Å². The van der Waals surface area contributed by atoms with Crippen LogP contribution in [0.25, 0.3) is 0 Å². The van der Waals surface area contributed by atoms with Gasteiger partial charge in [0, 0.05) is 13.1 Å². The molecule has 92 valence electrons. The average molecular weight is 244 g/mol. The van der Waals surface area contributed by atoms with E-state index in [1.165, 1.54) is 11.8 Å². The first-order valence-electron chi connectivity index (χ1n) is 5.49. The fourth-order valence-corrected chi connectivity index (χ4v) is 2.44. The second-order valence-corrected chi connectivity index (χ2v) is 5.09. The third-order valence-corrected chi connectivity index (χ3v) is 3.96. The molecular formula is C10H20N4OS.